The molecule has 3 saturated carbocycles. The normalized spacial score (nSPS) is 26.7. The van der Waals surface area contributed by atoms with E-state index >= 15 is 0 Å². The predicted octanol–water partition coefficient (Wildman–Crippen LogP) is 3.90. The number of hydrogen-bond donors (Lipinski definition) is 3. The highest BCUT2D eigenvalue weighted by molar-refractivity contribution is 7.91. The number of aliphatic imine (C=N–C) groups is 1. The number of carbonyl (C=O) groups excluding carboxylic acids is 1. The molecule has 12 nitrogen and oxygen atoms in total. The van der Waals surface area contributed by atoms with Gasteiger partial charge in [-0.3, -0.25) is 4.79 Å². The molecule has 0 radical (unpaired) electrons. The largest absolute Gasteiger partial charge is 0.481 e. The van der Waals surface area contributed by atoms with E-state index in [2.05, 4.69) is 44.9 Å². The maximum atomic E-state index is 14.0. The van der Waals surface area contributed by atoms with E-state index in [1.54, 1.807) is 23.6 Å². The molecule has 1 aliphatic heterocycles. The molecule has 6 atom stereocenters. The van der Waals surface area contributed by atoms with Gasteiger partial charge in [-0.2, -0.15) is 0 Å². The van der Waals surface area contributed by atoms with Gasteiger partial charge in [0.2, 0.25) is 5.91 Å². The molecule has 4 N–H and O–H groups in total. The molecule has 0 spiro atoms. The van der Waals surface area contributed by atoms with Gasteiger partial charge in [-0.05, 0) is 85.1 Å². The fraction of sp³-hybridized carbons (Fsp3) is 0.625. The van der Waals surface area contributed by atoms with Crippen LogP contribution in [0.3, 0.4) is 0 Å². The van der Waals surface area contributed by atoms with Gasteiger partial charge in [-0.1, -0.05) is 63.5 Å². The van der Waals surface area contributed by atoms with Gasteiger partial charge >= 0.3 is 7.12 Å². The number of nitrogens with zero attached hydrogens (tertiary/aromatic N) is 2. The molecule has 0 aromatic heterocycles. The molecule has 3 aliphatic carbocycles. The zero-order chi connectivity index (χ0) is 33.4. The van der Waals surface area contributed by atoms with Crippen LogP contribution in [0.4, 0.5) is 0 Å². The number of nitrogens with one attached hydrogen (secondary N) is 2. The molecule has 250 valence electrons. The summed E-state index contributed by atoms with van der Waals surface area (Å²) >= 11 is 0. The van der Waals surface area contributed by atoms with Crippen LogP contribution in [0.2, 0.25) is 0 Å². The van der Waals surface area contributed by atoms with E-state index in [0.29, 0.717) is 18.3 Å². The fourth-order valence-electron chi connectivity index (χ4n) is 7.80. The zero-order valence-electron chi connectivity index (χ0n) is 27.3. The summed E-state index contributed by atoms with van der Waals surface area (Å²) in [6.07, 6.45) is 3.02. The van der Waals surface area contributed by atoms with Crippen molar-refractivity contribution in [3.05, 3.63) is 52.6 Å². The molecule has 1 saturated heterocycles. The van der Waals surface area contributed by atoms with Crippen molar-refractivity contribution in [1.29, 1.82) is 0 Å². The van der Waals surface area contributed by atoms with Gasteiger partial charge in [0.1, 0.15) is 0 Å². The molecule has 14 heteroatoms. The first-order chi connectivity index (χ1) is 21.6. The van der Waals surface area contributed by atoms with Gasteiger partial charge in [0.25, 0.3) is 5.96 Å². The smallest absolute Gasteiger partial charge is 0.404 e. The summed E-state index contributed by atoms with van der Waals surface area (Å²) < 4.78 is 40.7. The number of amides is 1. The van der Waals surface area contributed by atoms with Crippen LogP contribution in [-0.4, -0.2) is 62.4 Å². The maximum absolute atomic E-state index is 14.0. The average molecular weight is 656 g/mol. The average Bonchev–Trinajstić information content (AvgIpc) is 3.34. The number of nitrogens with two attached hydrogens (primary N) is 1. The number of benzene rings is 2. The van der Waals surface area contributed by atoms with Crippen molar-refractivity contribution in [2.45, 2.75) is 89.3 Å². The molecule has 2 bridgehead atoms. The summed E-state index contributed by atoms with van der Waals surface area (Å²) in [5.74, 6) is -1.42. The Balaban J connectivity index is 1.34. The van der Waals surface area contributed by atoms with Gasteiger partial charge in [0.15, 0.2) is 14.9 Å². The third-order valence-corrected chi connectivity index (χ3v) is 12.2. The number of sulfone groups is 1. The van der Waals surface area contributed by atoms with Gasteiger partial charge in [-0.15, -0.1) is 0 Å². The minimum Gasteiger partial charge on any atom is -0.404 e. The molecule has 0 unspecified atom stereocenters. The summed E-state index contributed by atoms with van der Waals surface area (Å²) in [6, 6.07) is 12.4. The standard InChI is InChI=1S/C32H46BN5O7S/c1-20(2)15-28(33-44-27-18-24-17-26(31(24,3)4)32(27,5)45-33)36-29(39)23(11-8-14-35-30(34)37-38(40)41)19-46(42,43)25-13-12-21-9-6-7-10-22(21)16-25/h6-7,9-10,12-13,16,20,23-24,26-28H,8,11,14-15,17-19H2,1-5H3,(H,36,39)(H3,34,35,37)/t23-,24+,26+,27-,28+,32+/m1/s1. The second-order valence-corrected chi connectivity index (χ2v) is 16.4. The molecular formula is C32H46BN5O7S. The third kappa shape index (κ3) is 7.03. The van der Waals surface area contributed by atoms with Gasteiger partial charge in [0.05, 0.1) is 34.2 Å². The fourth-order valence-corrected chi connectivity index (χ4v) is 9.42. The highest BCUT2D eigenvalue weighted by Crippen LogP contribution is 2.65. The highest BCUT2D eigenvalue weighted by Gasteiger charge is 2.68. The molecule has 46 heavy (non-hydrogen) atoms. The van der Waals surface area contributed by atoms with Crippen molar-refractivity contribution in [1.82, 2.24) is 10.7 Å². The Hall–Kier alpha value is -3.23. The number of fused-ring (bicyclic) bond motifs is 1. The Morgan fingerprint density at radius 3 is 2.57 bits per heavy atom. The lowest BCUT2D eigenvalue weighted by molar-refractivity contribution is -0.525. The van der Waals surface area contributed by atoms with Gasteiger partial charge < -0.3 is 20.4 Å². The SMILES string of the molecule is CC(C)C[C@H](NC(=O)[C@H](CCCN=C(N)N[N+](=O)[O-])CS(=O)(=O)c1ccc2ccccc2c1)B1O[C@@H]2C[C@@H]3C[C@@H](C3(C)C)[C@]2(C)O1. The van der Waals surface area contributed by atoms with Crippen molar-refractivity contribution in [2.24, 2.45) is 39.8 Å². The predicted molar refractivity (Wildman–Crippen MR) is 177 cm³/mol. The number of hydrazine groups is 1. The quantitative estimate of drug-likeness (QED) is 0.0722. The van der Waals surface area contributed by atoms with Crippen LogP contribution in [0.15, 0.2) is 52.4 Å². The summed E-state index contributed by atoms with van der Waals surface area (Å²) in [6.45, 7) is 10.9. The van der Waals surface area contributed by atoms with E-state index in [1.165, 1.54) is 0 Å². The summed E-state index contributed by atoms with van der Waals surface area (Å²) in [7, 11) is -4.52. The monoisotopic (exact) mass is 655 g/mol. The second kappa shape index (κ2) is 13.1. The van der Waals surface area contributed by atoms with E-state index < -0.39 is 51.1 Å². The lowest BCUT2D eigenvalue weighted by atomic mass is 9.43. The number of nitro groups is 1. The first kappa shape index (κ1) is 34.1. The van der Waals surface area contributed by atoms with Crippen molar-refractivity contribution in [2.75, 3.05) is 12.3 Å². The molecule has 4 fully saturated rings. The lowest BCUT2D eigenvalue weighted by Crippen LogP contribution is -2.65. The molecule has 6 rings (SSSR count). The van der Waals surface area contributed by atoms with Crippen LogP contribution in [0.5, 0.6) is 0 Å². The maximum Gasteiger partial charge on any atom is 0.481 e. The summed E-state index contributed by atoms with van der Waals surface area (Å²) in [4.78, 5) is 28.7. The minimum atomic E-state index is -3.87. The third-order valence-electron chi connectivity index (χ3n) is 10.4. The van der Waals surface area contributed by atoms with Crippen LogP contribution in [0.25, 0.3) is 10.8 Å². The topological polar surface area (TPSA) is 175 Å². The van der Waals surface area contributed by atoms with Crippen LogP contribution >= 0.6 is 0 Å². The number of guanidine groups is 1. The first-order valence-corrected chi connectivity index (χ1v) is 17.8. The highest BCUT2D eigenvalue weighted by atomic mass is 32.2. The lowest BCUT2D eigenvalue weighted by Gasteiger charge is -2.64. The second-order valence-electron chi connectivity index (χ2n) is 14.3. The van der Waals surface area contributed by atoms with E-state index in [1.807, 2.05) is 24.3 Å². The van der Waals surface area contributed by atoms with E-state index in [9.17, 15) is 23.3 Å². The number of rotatable bonds is 13. The Morgan fingerprint density at radius 2 is 1.89 bits per heavy atom. The van der Waals surface area contributed by atoms with Crippen molar-refractivity contribution >= 4 is 39.6 Å². The van der Waals surface area contributed by atoms with E-state index in [-0.39, 0.29) is 47.7 Å². The molecule has 2 aromatic carbocycles. The summed E-state index contributed by atoms with van der Waals surface area (Å²) in [5.41, 5.74) is 7.05. The van der Waals surface area contributed by atoms with Crippen molar-refractivity contribution in [3.63, 3.8) is 0 Å². The molecule has 1 heterocycles. The Labute approximate surface area is 271 Å². The molecular weight excluding hydrogens is 609 g/mol. The van der Waals surface area contributed by atoms with Gasteiger partial charge in [0, 0.05) is 6.54 Å². The molecule has 1 amide bonds. The van der Waals surface area contributed by atoms with E-state index in [0.717, 1.165) is 23.6 Å². The molecule has 4 aliphatic rings. The number of carbonyl (C=O) groups is 1. The van der Waals surface area contributed by atoms with Crippen LogP contribution in [0.1, 0.15) is 66.7 Å². The van der Waals surface area contributed by atoms with Crippen molar-refractivity contribution < 1.29 is 27.6 Å². The van der Waals surface area contributed by atoms with Gasteiger partial charge in [-0.25, -0.2) is 23.5 Å². The summed E-state index contributed by atoms with van der Waals surface area (Å²) in [5, 5.41) is 14.7. The van der Waals surface area contributed by atoms with E-state index in [4.69, 9.17) is 15.0 Å². The number of hydrogen-bond acceptors (Lipinski definition) is 8. The molecule has 2 aromatic rings. The first-order valence-electron chi connectivity index (χ1n) is 16.2. The Bertz CT molecular complexity index is 1600. The van der Waals surface area contributed by atoms with Crippen LogP contribution < -0.4 is 16.5 Å². The zero-order valence-corrected chi connectivity index (χ0v) is 28.1. The van der Waals surface area contributed by atoms with Crippen molar-refractivity contribution in [3.8, 4) is 0 Å². The van der Waals surface area contributed by atoms with Crippen LogP contribution in [0, 0.1) is 39.2 Å². The Morgan fingerprint density at radius 1 is 1.17 bits per heavy atom. The minimum absolute atomic E-state index is 0.0546. The van der Waals surface area contributed by atoms with Crippen LogP contribution in [-0.2, 0) is 23.9 Å². The Kier molecular flexibility index (Phi) is 9.73.